The average Bonchev–Trinajstić information content (AvgIpc) is 2.94. The molecule has 126 valence electrons. The molecule has 1 fully saturated rings. The molecular weight excluding hydrogens is 338 g/mol. The summed E-state index contributed by atoms with van der Waals surface area (Å²) in [7, 11) is -3.11. The minimum atomic E-state index is -3.11. The summed E-state index contributed by atoms with van der Waals surface area (Å²) in [5.41, 5.74) is 2.03. The van der Waals surface area contributed by atoms with Crippen molar-refractivity contribution in [3.63, 3.8) is 0 Å². The van der Waals surface area contributed by atoms with Gasteiger partial charge in [-0.3, -0.25) is 10.00 Å². The van der Waals surface area contributed by atoms with Gasteiger partial charge in [-0.05, 0) is 12.1 Å². The molecule has 1 aliphatic rings. The number of nitrogens with one attached hydrogen (secondary N) is 2. The Balaban J connectivity index is 1.61. The molecule has 7 nitrogen and oxygen atoms in total. The van der Waals surface area contributed by atoms with Gasteiger partial charge in [0.25, 0.3) is 0 Å². The number of H-pyrrole nitrogens is 1. The first kappa shape index (κ1) is 16.5. The molecule has 3 rings (SSSR count). The van der Waals surface area contributed by atoms with Gasteiger partial charge in [-0.1, -0.05) is 11.6 Å². The number of anilines is 1. The minimum absolute atomic E-state index is 0.446. The van der Waals surface area contributed by atoms with Crippen LogP contribution in [0.4, 0.5) is 5.69 Å². The molecule has 2 heterocycles. The van der Waals surface area contributed by atoms with Crippen LogP contribution in [0.3, 0.4) is 0 Å². The Labute approximate surface area is 140 Å². The van der Waals surface area contributed by atoms with Crippen LogP contribution in [0.5, 0.6) is 0 Å². The molecule has 2 aromatic rings. The number of rotatable bonds is 5. The van der Waals surface area contributed by atoms with E-state index in [1.54, 1.807) is 0 Å². The van der Waals surface area contributed by atoms with Crippen LogP contribution in [0.25, 0.3) is 10.9 Å². The number of hydrogen-bond donors (Lipinski definition) is 2. The summed E-state index contributed by atoms with van der Waals surface area (Å²) in [5.74, 6) is 0. The van der Waals surface area contributed by atoms with E-state index in [0.717, 1.165) is 49.3 Å². The molecule has 0 unspecified atom stereocenters. The maximum Gasteiger partial charge on any atom is 0.208 e. The zero-order valence-corrected chi connectivity index (χ0v) is 14.5. The van der Waals surface area contributed by atoms with Gasteiger partial charge < -0.3 is 4.90 Å². The van der Waals surface area contributed by atoms with Crippen molar-refractivity contribution in [3.05, 3.63) is 23.4 Å². The van der Waals surface area contributed by atoms with E-state index < -0.39 is 10.0 Å². The number of benzene rings is 1. The topological polar surface area (TPSA) is 81.3 Å². The second-order valence-corrected chi connectivity index (χ2v) is 8.02. The molecule has 9 heteroatoms. The number of halogens is 1. The lowest BCUT2D eigenvalue weighted by molar-refractivity contribution is 0.262. The van der Waals surface area contributed by atoms with E-state index in [4.69, 9.17) is 11.6 Å². The van der Waals surface area contributed by atoms with E-state index in [0.29, 0.717) is 11.6 Å². The molecule has 2 N–H and O–H groups in total. The van der Waals surface area contributed by atoms with E-state index in [-0.39, 0.29) is 0 Å². The maximum atomic E-state index is 11.1. The molecule has 0 radical (unpaired) electrons. The molecule has 0 aliphatic carbocycles. The van der Waals surface area contributed by atoms with E-state index >= 15 is 0 Å². The average molecular weight is 358 g/mol. The van der Waals surface area contributed by atoms with Crippen LogP contribution in [0.15, 0.2) is 18.3 Å². The molecule has 0 atom stereocenters. The lowest BCUT2D eigenvalue weighted by Crippen LogP contribution is -2.48. The van der Waals surface area contributed by atoms with Crippen molar-refractivity contribution in [2.75, 3.05) is 50.4 Å². The summed E-state index contributed by atoms with van der Waals surface area (Å²) in [6.07, 6.45) is 3.00. The number of hydrogen-bond acceptors (Lipinski definition) is 5. The fourth-order valence-electron chi connectivity index (χ4n) is 2.86. The lowest BCUT2D eigenvalue weighted by atomic mass is 10.2. The van der Waals surface area contributed by atoms with Crippen LogP contribution >= 0.6 is 11.6 Å². The van der Waals surface area contributed by atoms with Gasteiger partial charge in [-0.25, -0.2) is 13.1 Å². The van der Waals surface area contributed by atoms with Gasteiger partial charge in [0.05, 0.1) is 18.0 Å². The standard InChI is InChI=1S/C14H20ClN5O2S/c1-23(21,22)17-2-3-19-4-6-20(7-5-19)14-9-11(15)8-13-12(14)10-16-18-13/h8-10,17H,2-7H2,1H3,(H,16,18). The van der Waals surface area contributed by atoms with Gasteiger partial charge in [0, 0.05) is 55.4 Å². The third kappa shape index (κ3) is 4.14. The number of aromatic nitrogens is 2. The highest BCUT2D eigenvalue weighted by Gasteiger charge is 2.19. The Kier molecular flexibility index (Phi) is 4.77. The molecule has 0 saturated carbocycles. The second-order valence-electron chi connectivity index (χ2n) is 5.75. The minimum Gasteiger partial charge on any atom is -0.368 e. The molecule has 1 aromatic carbocycles. The summed E-state index contributed by atoms with van der Waals surface area (Å²) >= 11 is 6.19. The highest BCUT2D eigenvalue weighted by atomic mass is 35.5. The molecule has 0 bridgehead atoms. The zero-order valence-electron chi connectivity index (χ0n) is 12.9. The predicted octanol–water partition coefficient (Wildman–Crippen LogP) is 0.887. The Morgan fingerprint density at radius 2 is 2.04 bits per heavy atom. The van der Waals surface area contributed by atoms with Crippen molar-refractivity contribution in [2.45, 2.75) is 0 Å². The Morgan fingerprint density at radius 1 is 1.30 bits per heavy atom. The molecule has 0 amide bonds. The normalized spacial score (nSPS) is 17.0. The summed E-state index contributed by atoms with van der Waals surface area (Å²) < 4.78 is 24.7. The van der Waals surface area contributed by atoms with Crippen LogP contribution in [0.2, 0.25) is 5.02 Å². The largest absolute Gasteiger partial charge is 0.368 e. The molecular formula is C14H20ClN5O2S. The summed E-state index contributed by atoms with van der Waals surface area (Å²) in [4.78, 5) is 4.55. The van der Waals surface area contributed by atoms with Crippen molar-refractivity contribution >= 4 is 38.2 Å². The number of sulfonamides is 1. The van der Waals surface area contributed by atoms with Gasteiger partial charge in [-0.2, -0.15) is 5.10 Å². The number of fused-ring (bicyclic) bond motifs is 1. The third-order valence-electron chi connectivity index (χ3n) is 4.01. The van der Waals surface area contributed by atoms with Crippen molar-refractivity contribution < 1.29 is 8.42 Å². The van der Waals surface area contributed by atoms with Crippen LogP contribution < -0.4 is 9.62 Å². The first-order chi connectivity index (χ1) is 10.9. The molecule has 1 aromatic heterocycles. The van der Waals surface area contributed by atoms with Gasteiger partial charge in [0.15, 0.2) is 0 Å². The van der Waals surface area contributed by atoms with Crippen molar-refractivity contribution in [1.82, 2.24) is 19.8 Å². The summed E-state index contributed by atoms with van der Waals surface area (Å²) in [6, 6.07) is 3.85. The Hall–Kier alpha value is -1.35. The van der Waals surface area contributed by atoms with Gasteiger partial charge >= 0.3 is 0 Å². The number of piperazine rings is 1. The van der Waals surface area contributed by atoms with E-state index in [2.05, 4.69) is 24.7 Å². The SMILES string of the molecule is CS(=O)(=O)NCCN1CCN(c2cc(Cl)cc3[nH]ncc23)CC1. The second kappa shape index (κ2) is 6.64. The first-order valence-electron chi connectivity index (χ1n) is 7.47. The highest BCUT2D eigenvalue weighted by molar-refractivity contribution is 7.88. The smallest absolute Gasteiger partial charge is 0.208 e. The van der Waals surface area contributed by atoms with Crippen LogP contribution in [0.1, 0.15) is 0 Å². The van der Waals surface area contributed by atoms with Crippen LogP contribution in [0, 0.1) is 0 Å². The van der Waals surface area contributed by atoms with Crippen LogP contribution in [-0.2, 0) is 10.0 Å². The van der Waals surface area contributed by atoms with Gasteiger partial charge in [0.2, 0.25) is 10.0 Å². The van der Waals surface area contributed by atoms with Gasteiger partial charge in [-0.15, -0.1) is 0 Å². The fourth-order valence-corrected chi connectivity index (χ4v) is 3.54. The van der Waals surface area contributed by atoms with Crippen molar-refractivity contribution in [1.29, 1.82) is 0 Å². The lowest BCUT2D eigenvalue weighted by Gasteiger charge is -2.36. The first-order valence-corrected chi connectivity index (χ1v) is 9.74. The Morgan fingerprint density at radius 3 is 2.74 bits per heavy atom. The summed E-state index contributed by atoms with van der Waals surface area (Å²) in [6.45, 7) is 4.69. The monoisotopic (exact) mass is 357 g/mol. The van der Waals surface area contributed by atoms with E-state index in [1.807, 2.05) is 18.3 Å². The zero-order chi connectivity index (χ0) is 16.4. The molecule has 1 aliphatic heterocycles. The number of nitrogens with zero attached hydrogens (tertiary/aromatic N) is 3. The summed E-state index contributed by atoms with van der Waals surface area (Å²) in [5, 5.41) is 8.81. The van der Waals surface area contributed by atoms with Crippen molar-refractivity contribution in [2.24, 2.45) is 0 Å². The quantitative estimate of drug-likeness (QED) is 0.830. The third-order valence-corrected chi connectivity index (χ3v) is 4.95. The van der Waals surface area contributed by atoms with E-state index in [1.165, 1.54) is 6.26 Å². The predicted molar refractivity (Wildman–Crippen MR) is 92.6 cm³/mol. The van der Waals surface area contributed by atoms with E-state index in [9.17, 15) is 8.42 Å². The molecule has 23 heavy (non-hydrogen) atoms. The fraction of sp³-hybridized carbons (Fsp3) is 0.500. The molecule has 1 saturated heterocycles. The van der Waals surface area contributed by atoms with Crippen LogP contribution in [-0.4, -0.2) is 69.0 Å². The maximum absolute atomic E-state index is 11.1. The number of aromatic amines is 1. The molecule has 0 spiro atoms. The van der Waals surface area contributed by atoms with Crippen molar-refractivity contribution in [3.8, 4) is 0 Å². The van der Waals surface area contributed by atoms with Gasteiger partial charge in [0.1, 0.15) is 0 Å². The Bertz CT molecular complexity index is 784. The highest BCUT2D eigenvalue weighted by Crippen LogP contribution is 2.30.